The van der Waals surface area contributed by atoms with Gasteiger partial charge in [0.15, 0.2) is 5.78 Å². The summed E-state index contributed by atoms with van der Waals surface area (Å²) in [6.45, 7) is 3.05. The van der Waals surface area contributed by atoms with Crippen molar-refractivity contribution in [3.05, 3.63) is 57.9 Å². The molecular weight excluding hydrogens is 260 g/mol. The maximum Gasteiger partial charge on any atom is 0.314 e. The summed E-state index contributed by atoms with van der Waals surface area (Å²) in [7, 11) is 0. The van der Waals surface area contributed by atoms with E-state index in [9.17, 15) is 14.9 Å². The number of para-hydroxylation sites is 1. The molecule has 20 heavy (non-hydrogen) atoms. The van der Waals surface area contributed by atoms with Gasteiger partial charge >= 0.3 is 5.69 Å². The first kappa shape index (κ1) is 13.7. The van der Waals surface area contributed by atoms with Crippen molar-refractivity contribution >= 4 is 11.5 Å². The minimum atomic E-state index is -0.484. The predicted molar refractivity (Wildman–Crippen MR) is 72.1 cm³/mol. The molecule has 0 atom stereocenters. The predicted octanol–water partition coefficient (Wildman–Crippen LogP) is 3.29. The van der Waals surface area contributed by atoms with E-state index in [2.05, 4.69) is 4.98 Å². The Morgan fingerprint density at radius 3 is 2.60 bits per heavy atom. The average Bonchev–Trinajstić information content (AvgIpc) is 2.39. The molecule has 6 heteroatoms. The largest absolute Gasteiger partial charge is 0.448 e. The lowest BCUT2D eigenvalue weighted by Gasteiger charge is -2.07. The second-order valence-electron chi connectivity index (χ2n) is 4.22. The number of hydrogen-bond acceptors (Lipinski definition) is 5. The number of carbonyl (C=O) groups excluding carboxylic acids is 1. The Bertz CT molecular complexity index is 665. The summed E-state index contributed by atoms with van der Waals surface area (Å²) in [5.74, 6) is 0.328. The molecule has 2 rings (SSSR count). The zero-order valence-electron chi connectivity index (χ0n) is 11.0. The summed E-state index contributed by atoms with van der Waals surface area (Å²) in [5.41, 5.74) is 0.750. The molecule has 1 aromatic carbocycles. The second kappa shape index (κ2) is 5.48. The highest BCUT2D eigenvalue weighted by molar-refractivity contribution is 5.92. The van der Waals surface area contributed by atoms with Gasteiger partial charge in [0.05, 0.1) is 11.1 Å². The van der Waals surface area contributed by atoms with Gasteiger partial charge in [-0.15, -0.1) is 0 Å². The molecule has 0 aliphatic heterocycles. The first-order valence-corrected chi connectivity index (χ1v) is 5.88. The van der Waals surface area contributed by atoms with Crippen LogP contribution in [-0.2, 0) is 0 Å². The molecule has 6 nitrogen and oxygen atoms in total. The normalized spacial score (nSPS) is 10.1. The number of aromatic nitrogens is 1. The smallest absolute Gasteiger partial charge is 0.314 e. The van der Waals surface area contributed by atoms with Gasteiger partial charge in [-0.05, 0) is 25.1 Å². The minimum Gasteiger partial charge on any atom is -0.448 e. The third-order valence-electron chi connectivity index (χ3n) is 2.71. The van der Waals surface area contributed by atoms with Gasteiger partial charge in [-0.25, -0.2) is 4.98 Å². The number of nitro benzene ring substituents is 1. The Morgan fingerprint density at radius 2 is 2.05 bits per heavy atom. The van der Waals surface area contributed by atoms with E-state index in [0.29, 0.717) is 17.0 Å². The van der Waals surface area contributed by atoms with E-state index in [1.54, 1.807) is 25.1 Å². The zero-order chi connectivity index (χ0) is 14.7. The Kier molecular flexibility index (Phi) is 3.74. The van der Waals surface area contributed by atoms with Crippen LogP contribution in [0.2, 0.25) is 0 Å². The first-order valence-electron chi connectivity index (χ1n) is 5.88. The van der Waals surface area contributed by atoms with Crippen molar-refractivity contribution in [2.24, 2.45) is 0 Å². The van der Waals surface area contributed by atoms with Gasteiger partial charge in [-0.2, -0.15) is 0 Å². The van der Waals surface area contributed by atoms with Crippen molar-refractivity contribution in [3.8, 4) is 11.5 Å². The van der Waals surface area contributed by atoms with Crippen LogP contribution in [0.15, 0.2) is 36.5 Å². The molecule has 0 radical (unpaired) electrons. The SMILES string of the molecule is CC(=O)c1ccc(Oc2cccc(C)c2[N+](=O)[O-])cn1. The Hall–Kier alpha value is -2.76. The molecule has 0 amide bonds. The number of pyridine rings is 1. The molecular formula is C14H12N2O4. The van der Waals surface area contributed by atoms with Gasteiger partial charge in [-0.1, -0.05) is 12.1 Å². The van der Waals surface area contributed by atoms with Gasteiger partial charge in [0.25, 0.3) is 0 Å². The van der Waals surface area contributed by atoms with Crippen LogP contribution in [0.25, 0.3) is 0 Å². The Labute approximate surface area is 115 Å². The van der Waals surface area contributed by atoms with Gasteiger partial charge in [0.1, 0.15) is 11.4 Å². The molecule has 1 heterocycles. The summed E-state index contributed by atoms with van der Waals surface area (Å²) >= 11 is 0. The zero-order valence-corrected chi connectivity index (χ0v) is 11.0. The highest BCUT2D eigenvalue weighted by Gasteiger charge is 2.18. The van der Waals surface area contributed by atoms with Crippen molar-refractivity contribution in [1.29, 1.82) is 0 Å². The number of Topliss-reactive ketones (excluding diaryl/α,β-unsaturated/α-hetero) is 1. The summed E-state index contributed by atoms with van der Waals surface area (Å²) in [4.78, 5) is 25.6. The van der Waals surface area contributed by atoms with Crippen LogP contribution in [0.4, 0.5) is 5.69 Å². The Balaban J connectivity index is 2.33. The van der Waals surface area contributed by atoms with E-state index in [1.165, 1.54) is 25.3 Å². The fourth-order valence-electron chi connectivity index (χ4n) is 1.72. The van der Waals surface area contributed by atoms with E-state index in [1.807, 2.05) is 0 Å². The van der Waals surface area contributed by atoms with Crippen molar-refractivity contribution in [2.45, 2.75) is 13.8 Å². The quantitative estimate of drug-likeness (QED) is 0.484. The lowest BCUT2D eigenvalue weighted by molar-refractivity contribution is -0.386. The molecule has 2 aromatic rings. The third-order valence-corrected chi connectivity index (χ3v) is 2.71. The molecule has 0 saturated carbocycles. The molecule has 0 spiro atoms. The molecule has 102 valence electrons. The first-order chi connectivity index (χ1) is 9.49. The number of rotatable bonds is 4. The van der Waals surface area contributed by atoms with Crippen LogP contribution < -0.4 is 4.74 Å². The molecule has 0 bridgehead atoms. The average molecular weight is 272 g/mol. The van der Waals surface area contributed by atoms with E-state index >= 15 is 0 Å². The molecule has 0 aliphatic rings. The highest BCUT2D eigenvalue weighted by atomic mass is 16.6. The molecule has 0 saturated heterocycles. The summed E-state index contributed by atoms with van der Waals surface area (Å²) < 4.78 is 5.47. The van der Waals surface area contributed by atoms with Crippen molar-refractivity contribution in [1.82, 2.24) is 4.98 Å². The summed E-state index contributed by atoms with van der Waals surface area (Å²) in [6, 6.07) is 7.90. The standard InChI is InChI=1S/C14H12N2O4/c1-9-4-3-5-13(14(9)16(18)19)20-11-6-7-12(10(2)17)15-8-11/h3-8H,1-2H3. The number of nitrogens with zero attached hydrogens (tertiary/aromatic N) is 2. The minimum absolute atomic E-state index is 0.0804. The summed E-state index contributed by atoms with van der Waals surface area (Å²) in [5, 5.41) is 11.0. The van der Waals surface area contributed by atoms with Gasteiger partial charge in [0.2, 0.25) is 5.75 Å². The molecule has 0 aliphatic carbocycles. The molecule has 0 fully saturated rings. The third kappa shape index (κ3) is 2.80. The molecule has 0 unspecified atom stereocenters. The fraction of sp³-hybridized carbons (Fsp3) is 0.143. The summed E-state index contributed by atoms with van der Waals surface area (Å²) in [6.07, 6.45) is 1.36. The Morgan fingerprint density at radius 1 is 1.30 bits per heavy atom. The number of ketones is 1. The van der Waals surface area contributed by atoms with E-state index in [4.69, 9.17) is 4.74 Å². The van der Waals surface area contributed by atoms with Crippen LogP contribution in [0.5, 0.6) is 11.5 Å². The maximum absolute atomic E-state index is 11.1. The number of ether oxygens (including phenoxy) is 1. The molecule has 0 N–H and O–H groups in total. The topological polar surface area (TPSA) is 82.3 Å². The van der Waals surface area contributed by atoms with E-state index in [-0.39, 0.29) is 17.2 Å². The lowest BCUT2D eigenvalue weighted by Crippen LogP contribution is -1.98. The van der Waals surface area contributed by atoms with Crippen LogP contribution in [0.1, 0.15) is 23.0 Å². The van der Waals surface area contributed by atoms with E-state index in [0.717, 1.165) is 0 Å². The number of carbonyl (C=O) groups is 1. The van der Waals surface area contributed by atoms with Crippen LogP contribution in [-0.4, -0.2) is 15.7 Å². The number of nitro groups is 1. The van der Waals surface area contributed by atoms with Gasteiger partial charge in [0, 0.05) is 12.5 Å². The number of aryl methyl sites for hydroxylation is 1. The van der Waals surface area contributed by atoms with Crippen molar-refractivity contribution in [3.63, 3.8) is 0 Å². The van der Waals surface area contributed by atoms with Gasteiger partial charge < -0.3 is 4.74 Å². The molecule has 1 aromatic heterocycles. The van der Waals surface area contributed by atoms with E-state index < -0.39 is 4.92 Å². The monoisotopic (exact) mass is 272 g/mol. The van der Waals surface area contributed by atoms with Crippen LogP contribution >= 0.6 is 0 Å². The van der Waals surface area contributed by atoms with Crippen molar-refractivity contribution in [2.75, 3.05) is 0 Å². The van der Waals surface area contributed by atoms with Crippen LogP contribution in [0.3, 0.4) is 0 Å². The fourth-order valence-corrected chi connectivity index (χ4v) is 1.72. The number of hydrogen-bond donors (Lipinski definition) is 0. The highest BCUT2D eigenvalue weighted by Crippen LogP contribution is 2.33. The maximum atomic E-state index is 11.1. The van der Waals surface area contributed by atoms with Crippen LogP contribution in [0, 0.1) is 17.0 Å². The van der Waals surface area contributed by atoms with Gasteiger partial charge in [-0.3, -0.25) is 14.9 Å². The number of benzene rings is 1. The lowest BCUT2D eigenvalue weighted by atomic mass is 10.2. The van der Waals surface area contributed by atoms with Crippen molar-refractivity contribution < 1.29 is 14.5 Å². The second-order valence-corrected chi connectivity index (χ2v) is 4.22.